The molecular formula is C21H20N2O2. The van der Waals surface area contributed by atoms with Crippen molar-refractivity contribution >= 4 is 11.4 Å². The fourth-order valence-electron chi connectivity index (χ4n) is 3.17. The first-order valence-corrected chi connectivity index (χ1v) is 8.39. The molecule has 25 heavy (non-hydrogen) atoms. The van der Waals surface area contributed by atoms with Crippen LogP contribution in [0.5, 0.6) is 11.5 Å². The molecule has 2 aromatic carbocycles. The third-order valence-corrected chi connectivity index (χ3v) is 4.50. The molecule has 1 unspecified atom stereocenters. The fraction of sp³-hybridized carbons (Fsp3) is 0.190. The molecule has 4 heteroatoms. The first-order valence-electron chi connectivity index (χ1n) is 8.39. The average molecular weight is 332 g/mol. The van der Waals surface area contributed by atoms with Crippen LogP contribution in [0.25, 0.3) is 5.57 Å². The molecule has 4 nitrogen and oxygen atoms in total. The van der Waals surface area contributed by atoms with Crippen LogP contribution in [0, 0.1) is 5.92 Å². The number of nitrogens with zero attached hydrogens (tertiary/aromatic N) is 1. The van der Waals surface area contributed by atoms with E-state index in [-0.39, 0.29) is 0 Å². The number of methoxy groups -OCH3 is 1. The lowest BCUT2D eigenvalue weighted by atomic mass is 9.89. The summed E-state index contributed by atoms with van der Waals surface area (Å²) in [6, 6.07) is 16.2. The Hall–Kier alpha value is -3.01. The predicted octanol–water partition coefficient (Wildman–Crippen LogP) is 4.15. The van der Waals surface area contributed by atoms with Gasteiger partial charge in [-0.05, 0) is 41.5 Å². The van der Waals surface area contributed by atoms with Crippen LogP contribution in [-0.2, 0) is 6.61 Å². The standard InChI is InChI=1S/C21H20N2O2/c1-24-19-10-9-16(18-13-23-21-17(18)8-5-11-22-21)12-20(19)25-14-15-6-3-2-4-7-15/h2-7,9-13,17H,8,14H2,1H3,(H,22,23). The van der Waals surface area contributed by atoms with Crippen molar-refractivity contribution in [3.63, 3.8) is 0 Å². The first kappa shape index (κ1) is 15.5. The summed E-state index contributed by atoms with van der Waals surface area (Å²) < 4.78 is 11.5. The summed E-state index contributed by atoms with van der Waals surface area (Å²) in [4.78, 5) is 4.50. The average Bonchev–Trinajstić information content (AvgIpc) is 3.11. The van der Waals surface area contributed by atoms with Gasteiger partial charge in [-0.1, -0.05) is 42.5 Å². The molecule has 1 N–H and O–H groups in total. The van der Waals surface area contributed by atoms with E-state index in [2.05, 4.69) is 34.6 Å². The van der Waals surface area contributed by atoms with Crippen LogP contribution in [0.3, 0.4) is 0 Å². The van der Waals surface area contributed by atoms with Gasteiger partial charge in [-0.15, -0.1) is 0 Å². The molecule has 2 aromatic rings. The molecule has 2 aliphatic heterocycles. The van der Waals surface area contributed by atoms with E-state index >= 15 is 0 Å². The van der Waals surface area contributed by atoms with Crippen LogP contribution in [0.15, 0.2) is 72.0 Å². The third kappa shape index (κ3) is 3.15. The van der Waals surface area contributed by atoms with Crippen molar-refractivity contribution in [2.24, 2.45) is 10.9 Å². The number of rotatable bonds is 5. The molecule has 0 amide bonds. The predicted molar refractivity (Wildman–Crippen MR) is 99.6 cm³/mol. The number of benzene rings is 2. The van der Waals surface area contributed by atoms with Crippen LogP contribution in [0.1, 0.15) is 17.5 Å². The summed E-state index contributed by atoms with van der Waals surface area (Å²) in [6.45, 7) is 0.509. The van der Waals surface area contributed by atoms with E-state index in [1.807, 2.05) is 42.7 Å². The molecule has 0 spiro atoms. The quantitative estimate of drug-likeness (QED) is 0.894. The smallest absolute Gasteiger partial charge is 0.162 e. The van der Waals surface area contributed by atoms with Gasteiger partial charge in [-0.2, -0.15) is 0 Å². The van der Waals surface area contributed by atoms with Gasteiger partial charge in [0.1, 0.15) is 12.4 Å². The number of fused-ring (bicyclic) bond motifs is 1. The van der Waals surface area contributed by atoms with E-state index in [4.69, 9.17) is 9.47 Å². The maximum atomic E-state index is 6.03. The second-order valence-electron chi connectivity index (χ2n) is 6.07. The maximum absolute atomic E-state index is 6.03. The number of hydrogen-bond donors (Lipinski definition) is 1. The summed E-state index contributed by atoms with van der Waals surface area (Å²) in [5.41, 5.74) is 3.45. The lowest BCUT2D eigenvalue weighted by molar-refractivity contribution is 0.284. The molecule has 0 bridgehead atoms. The summed E-state index contributed by atoms with van der Waals surface area (Å²) in [5.74, 6) is 2.79. The zero-order chi connectivity index (χ0) is 17.1. The first-order chi connectivity index (χ1) is 12.3. The van der Waals surface area contributed by atoms with Crippen LogP contribution in [-0.4, -0.2) is 12.9 Å². The number of nitrogens with one attached hydrogen (secondary N) is 1. The highest BCUT2D eigenvalue weighted by molar-refractivity contribution is 6.01. The Morgan fingerprint density at radius 2 is 2.00 bits per heavy atom. The molecule has 0 fully saturated rings. The van der Waals surface area contributed by atoms with Crippen LogP contribution >= 0.6 is 0 Å². The van der Waals surface area contributed by atoms with Gasteiger partial charge in [0, 0.05) is 12.1 Å². The number of amidine groups is 1. The van der Waals surface area contributed by atoms with Gasteiger partial charge in [0.05, 0.1) is 7.11 Å². The Labute approximate surface area is 147 Å². The third-order valence-electron chi connectivity index (χ3n) is 4.50. The zero-order valence-electron chi connectivity index (χ0n) is 14.1. The zero-order valence-corrected chi connectivity index (χ0v) is 14.1. The number of allylic oxidation sites excluding steroid dienone is 1. The van der Waals surface area contributed by atoms with Gasteiger partial charge in [-0.3, -0.25) is 0 Å². The Morgan fingerprint density at radius 1 is 1.12 bits per heavy atom. The van der Waals surface area contributed by atoms with Crippen molar-refractivity contribution in [1.82, 2.24) is 5.32 Å². The summed E-state index contributed by atoms with van der Waals surface area (Å²) in [7, 11) is 1.66. The minimum absolute atomic E-state index is 0.292. The molecule has 0 radical (unpaired) electrons. The normalized spacial score (nSPS) is 18.0. The Kier molecular flexibility index (Phi) is 4.25. The molecule has 0 aliphatic carbocycles. The van der Waals surface area contributed by atoms with Crippen molar-refractivity contribution < 1.29 is 9.47 Å². The summed E-state index contributed by atoms with van der Waals surface area (Å²) in [5, 5.41) is 3.23. The monoisotopic (exact) mass is 332 g/mol. The highest BCUT2D eigenvalue weighted by Crippen LogP contribution is 2.37. The second-order valence-corrected chi connectivity index (χ2v) is 6.07. The van der Waals surface area contributed by atoms with Gasteiger partial charge in [0.15, 0.2) is 11.5 Å². The molecule has 2 heterocycles. The molecule has 1 atom stereocenters. The molecule has 0 saturated carbocycles. The minimum atomic E-state index is 0.292. The lowest BCUT2D eigenvalue weighted by Gasteiger charge is -2.20. The fourth-order valence-corrected chi connectivity index (χ4v) is 3.17. The van der Waals surface area contributed by atoms with Crippen molar-refractivity contribution in [3.05, 3.63) is 78.1 Å². The van der Waals surface area contributed by atoms with Gasteiger partial charge in [0.2, 0.25) is 0 Å². The topological polar surface area (TPSA) is 42.8 Å². The lowest BCUT2D eigenvalue weighted by Crippen LogP contribution is -2.28. The number of hydrogen-bond acceptors (Lipinski definition) is 4. The van der Waals surface area contributed by atoms with Gasteiger partial charge in [0.25, 0.3) is 0 Å². The number of aliphatic imine (C=N–C) groups is 1. The molecule has 126 valence electrons. The van der Waals surface area contributed by atoms with Gasteiger partial charge >= 0.3 is 0 Å². The van der Waals surface area contributed by atoms with E-state index in [1.165, 1.54) is 5.57 Å². The van der Waals surface area contributed by atoms with E-state index in [0.717, 1.165) is 34.9 Å². The van der Waals surface area contributed by atoms with Crippen LogP contribution < -0.4 is 14.8 Å². The Balaban J connectivity index is 1.57. The molecule has 4 rings (SSSR count). The Bertz CT molecular complexity index is 853. The molecule has 0 aromatic heterocycles. The van der Waals surface area contributed by atoms with Crippen molar-refractivity contribution in [2.75, 3.05) is 7.11 Å². The summed E-state index contributed by atoms with van der Waals surface area (Å²) >= 11 is 0. The maximum Gasteiger partial charge on any atom is 0.162 e. The van der Waals surface area contributed by atoms with Crippen LogP contribution in [0.4, 0.5) is 0 Å². The minimum Gasteiger partial charge on any atom is -0.493 e. The molecule has 0 saturated heterocycles. The summed E-state index contributed by atoms with van der Waals surface area (Å²) in [6.07, 6.45) is 7.00. The van der Waals surface area contributed by atoms with E-state index < -0.39 is 0 Å². The largest absolute Gasteiger partial charge is 0.493 e. The van der Waals surface area contributed by atoms with Gasteiger partial charge in [-0.25, -0.2) is 4.99 Å². The van der Waals surface area contributed by atoms with E-state index in [1.54, 1.807) is 7.11 Å². The highest BCUT2D eigenvalue weighted by Gasteiger charge is 2.27. The molecular weight excluding hydrogens is 312 g/mol. The SMILES string of the molecule is COc1ccc(C2=CN=C3NC=CCC23)cc1OCc1ccccc1. The highest BCUT2D eigenvalue weighted by atomic mass is 16.5. The van der Waals surface area contributed by atoms with Gasteiger partial charge < -0.3 is 14.8 Å². The van der Waals surface area contributed by atoms with Crippen molar-refractivity contribution in [1.29, 1.82) is 0 Å². The van der Waals surface area contributed by atoms with Crippen LogP contribution in [0.2, 0.25) is 0 Å². The molecule has 2 aliphatic rings. The van der Waals surface area contributed by atoms with Crippen molar-refractivity contribution in [3.8, 4) is 11.5 Å². The Morgan fingerprint density at radius 3 is 2.84 bits per heavy atom. The van der Waals surface area contributed by atoms with E-state index in [9.17, 15) is 0 Å². The second kappa shape index (κ2) is 6.85. The number of ether oxygens (including phenoxy) is 2. The van der Waals surface area contributed by atoms with Crippen molar-refractivity contribution in [2.45, 2.75) is 13.0 Å². The van der Waals surface area contributed by atoms with E-state index in [0.29, 0.717) is 12.5 Å².